The molecule has 2 aliphatic rings. The molecule has 1 aromatic heterocycles. The van der Waals surface area contributed by atoms with Crippen molar-refractivity contribution < 1.29 is 43.9 Å². The van der Waals surface area contributed by atoms with Crippen LogP contribution in [-0.2, 0) is 28.5 Å². The Kier molecular flexibility index (Phi) is 6.77. The lowest BCUT2D eigenvalue weighted by atomic mass is 10.0. The predicted molar refractivity (Wildman–Crippen MR) is 100 cm³/mol. The molecule has 2 aliphatic heterocycles. The van der Waals surface area contributed by atoms with Crippen LogP contribution in [0.3, 0.4) is 0 Å². The summed E-state index contributed by atoms with van der Waals surface area (Å²) in [4.78, 5) is 48.9. The highest BCUT2D eigenvalue weighted by Crippen LogP contribution is 2.34. The summed E-state index contributed by atoms with van der Waals surface area (Å²) in [6.45, 7) is 0. The molecule has 8 N–H and O–H groups in total. The van der Waals surface area contributed by atoms with E-state index in [9.17, 15) is 34.5 Å². The first-order valence-electron chi connectivity index (χ1n) is 9.22. The van der Waals surface area contributed by atoms with Gasteiger partial charge < -0.3 is 45.7 Å². The average molecular weight is 458 g/mol. The van der Waals surface area contributed by atoms with Crippen molar-refractivity contribution in [1.82, 2.24) is 9.55 Å². The molecule has 0 aromatic carbocycles. The molecular weight excluding hydrogens is 436 g/mol. The van der Waals surface area contributed by atoms with Gasteiger partial charge in [0.05, 0.1) is 0 Å². The van der Waals surface area contributed by atoms with Crippen LogP contribution in [0.1, 0.15) is 6.23 Å². The zero-order chi connectivity index (χ0) is 23.7. The summed E-state index contributed by atoms with van der Waals surface area (Å²) >= 11 is 0. The summed E-state index contributed by atoms with van der Waals surface area (Å²) in [6, 6.07) is 1.01. The Labute approximate surface area is 178 Å². The van der Waals surface area contributed by atoms with Gasteiger partial charge in [-0.2, -0.15) is 0 Å². The third-order valence-electron chi connectivity index (χ3n) is 4.94. The molecule has 8 atom stereocenters. The van der Waals surface area contributed by atoms with Crippen molar-refractivity contribution in [1.29, 1.82) is 0 Å². The number of carbonyl (C=O) groups excluding carboxylic acids is 2. The second-order valence-electron chi connectivity index (χ2n) is 7.02. The van der Waals surface area contributed by atoms with E-state index >= 15 is 0 Å². The first-order chi connectivity index (χ1) is 15.0. The van der Waals surface area contributed by atoms with Crippen LogP contribution in [0.5, 0.6) is 0 Å². The Morgan fingerprint density at radius 2 is 1.91 bits per heavy atom. The first kappa shape index (κ1) is 23.6. The minimum absolute atomic E-state index is 0.524. The van der Waals surface area contributed by atoms with Gasteiger partial charge in [-0.3, -0.25) is 23.9 Å². The van der Waals surface area contributed by atoms with Crippen LogP contribution in [0.2, 0.25) is 0 Å². The van der Waals surface area contributed by atoms with Gasteiger partial charge in [0.1, 0.15) is 30.5 Å². The number of nitrogens with one attached hydrogen (secondary N) is 1. The Morgan fingerprint density at radius 3 is 2.47 bits per heavy atom. The number of amides is 2. The monoisotopic (exact) mass is 458 g/mol. The van der Waals surface area contributed by atoms with Gasteiger partial charge in [0.25, 0.3) is 11.5 Å². The summed E-state index contributed by atoms with van der Waals surface area (Å²) in [5, 5.41) is 30.6. The van der Waals surface area contributed by atoms with E-state index in [4.69, 9.17) is 30.4 Å². The normalized spacial score (nSPS) is 33.2. The van der Waals surface area contributed by atoms with Crippen molar-refractivity contribution in [3.63, 3.8) is 0 Å². The van der Waals surface area contributed by atoms with E-state index in [1.807, 2.05) is 4.98 Å². The smallest absolute Gasteiger partial charge is 0.330 e. The van der Waals surface area contributed by atoms with Gasteiger partial charge in [0, 0.05) is 19.4 Å². The van der Waals surface area contributed by atoms with Gasteiger partial charge in [-0.05, 0) is 6.08 Å². The molecule has 0 bridgehead atoms. The van der Waals surface area contributed by atoms with Crippen LogP contribution in [0.25, 0.3) is 0 Å². The summed E-state index contributed by atoms with van der Waals surface area (Å²) in [6.07, 6.45) is -10.6. The molecule has 0 aliphatic carbocycles. The molecule has 8 unspecified atom stereocenters. The second kappa shape index (κ2) is 9.19. The number of primary amides is 2. The van der Waals surface area contributed by atoms with Gasteiger partial charge in [-0.15, -0.1) is 0 Å². The van der Waals surface area contributed by atoms with Gasteiger partial charge in [0.15, 0.2) is 18.1 Å². The largest absolute Gasteiger partial charge is 0.456 e. The lowest BCUT2D eigenvalue weighted by molar-refractivity contribution is -0.241. The Bertz CT molecular complexity index is 1020. The molecule has 1 aromatic rings. The second-order valence-corrected chi connectivity index (χ2v) is 7.02. The van der Waals surface area contributed by atoms with Crippen molar-refractivity contribution in [3.05, 3.63) is 44.9 Å². The van der Waals surface area contributed by atoms with Crippen LogP contribution in [-0.4, -0.2) is 86.7 Å². The molecule has 15 heteroatoms. The molecule has 2 amide bonds. The van der Waals surface area contributed by atoms with Crippen molar-refractivity contribution in [3.8, 4) is 0 Å². The quantitative estimate of drug-likeness (QED) is 0.226. The van der Waals surface area contributed by atoms with Crippen molar-refractivity contribution in [2.24, 2.45) is 11.5 Å². The summed E-state index contributed by atoms with van der Waals surface area (Å²) in [5.41, 5.74) is 8.93. The molecule has 1 saturated heterocycles. The highest BCUT2D eigenvalue weighted by Gasteiger charge is 2.52. The van der Waals surface area contributed by atoms with Crippen molar-refractivity contribution in [2.75, 3.05) is 7.11 Å². The molecule has 0 radical (unpaired) electrons. The maximum atomic E-state index is 12.1. The topological polar surface area (TPSA) is 239 Å². The van der Waals surface area contributed by atoms with Gasteiger partial charge in [-0.25, -0.2) is 4.79 Å². The van der Waals surface area contributed by atoms with Crippen LogP contribution in [0, 0.1) is 0 Å². The zero-order valence-corrected chi connectivity index (χ0v) is 16.6. The number of H-pyrrole nitrogens is 1. The minimum atomic E-state index is -1.77. The Morgan fingerprint density at radius 1 is 1.22 bits per heavy atom. The lowest BCUT2D eigenvalue weighted by Crippen LogP contribution is -2.53. The molecule has 0 saturated carbocycles. The molecule has 0 spiro atoms. The molecule has 176 valence electrons. The number of aromatic amines is 1. The van der Waals surface area contributed by atoms with Crippen LogP contribution in [0.4, 0.5) is 0 Å². The number of carbonyl (C=O) groups is 2. The molecule has 1 fully saturated rings. The lowest BCUT2D eigenvalue weighted by Gasteiger charge is -2.34. The highest BCUT2D eigenvalue weighted by atomic mass is 16.7. The highest BCUT2D eigenvalue weighted by molar-refractivity contribution is 5.90. The van der Waals surface area contributed by atoms with Gasteiger partial charge in [0.2, 0.25) is 12.2 Å². The van der Waals surface area contributed by atoms with Crippen LogP contribution in [0.15, 0.2) is 33.7 Å². The molecule has 32 heavy (non-hydrogen) atoms. The number of rotatable bonds is 7. The van der Waals surface area contributed by atoms with Crippen molar-refractivity contribution >= 4 is 11.8 Å². The molecule has 3 rings (SSSR count). The summed E-state index contributed by atoms with van der Waals surface area (Å²) in [7, 11) is 1.18. The third-order valence-corrected chi connectivity index (χ3v) is 4.94. The maximum Gasteiger partial charge on any atom is 0.330 e. The fraction of sp³-hybridized carbons (Fsp3) is 0.529. The Balaban J connectivity index is 1.89. The number of nitrogens with two attached hydrogens (primary N) is 2. The van der Waals surface area contributed by atoms with Crippen LogP contribution >= 0.6 is 0 Å². The fourth-order valence-corrected chi connectivity index (χ4v) is 3.40. The zero-order valence-electron chi connectivity index (χ0n) is 16.6. The first-order valence-corrected chi connectivity index (χ1v) is 9.22. The summed E-state index contributed by atoms with van der Waals surface area (Å²) in [5.74, 6) is -2.73. The van der Waals surface area contributed by atoms with E-state index in [1.54, 1.807) is 0 Å². The van der Waals surface area contributed by atoms with Gasteiger partial charge >= 0.3 is 5.69 Å². The number of aliphatic hydroxyl groups is 3. The maximum absolute atomic E-state index is 12.1. The SMILES string of the molecule is COC1C(O)C(n2ccc(=O)[nH]c2=O)OC1C(OC1OC(C(N)=O)=CC(O)C1O)C(N)=O. The van der Waals surface area contributed by atoms with Gasteiger partial charge in [-0.1, -0.05) is 0 Å². The van der Waals surface area contributed by atoms with Crippen molar-refractivity contribution in [2.45, 2.75) is 49.1 Å². The van der Waals surface area contributed by atoms with E-state index < -0.39 is 78.0 Å². The number of methoxy groups -OCH3 is 1. The van der Waals surface area contributed by atoms with E-state index in [2.05, 4.69) is 0 Å². The molecular formula is C17H22N4O11. The summed E-state index contributed by atoms with van der Waals surface area (Å²) < 4.78 is 22.2. The number of hydrogen-bond acceptors (Lipinski definition) is 11. The van der Waals surface area contributed by atoms with E-state index in [1.165, 1.54) is 7.11 Å². The standard InChI is InChI=1S/C17H22N4O11/c1-29-10-9(25)15(21-3-2-7(23)20-17(21)28)31-11(10)12(14(19)27)32-16-8(24)5(22)4-6(30-16)13(18)26/h2-5,8-12,15-16,22,24-25H,1H3,(H2,18,26)(H2,19,27)(H,20,23,28). The van der Waals surface area contributed by atoms with E-state index in [0.717, 1.165) is 22.9 Å². The Hall–Kier alpha value is -3.08. The third kappa shape index (κ3) is 4.43. The number of aliphatic hydroxyl groups excluding tert-OH is 3. The number of hydrogen-bond donors (Lipinski definition) is 6. The fourth-order valence-electron chi connectivity index (χ4n) is 3.40. The van der Waals surface area contributed by atoms with Crippen LogP contribution < -0.4 is 22.7 Å². The molecule has 15 nitrogen and oxygen atoms in total. The molecule has 3 heterocycles. The number of nitrogens with zero attached hydrogens (tertiary/aromatic N) is 1. The number of ether oxygens (including phenoxy) is 4. The number of aromatic nitrogens is 2. The minimum Gasteiger partial charge on any atom is -0.456 e. The van der Waals surface area contributed by atoms with E-state index in [-0.39, 0.29) is 0 Å². The predicted octanol–water partition coefficient (Wildman–Crippen LogP) is -4.87. The van der Waals surface area contributed by atoms with E-state index in [0.29, 0.717) is 0 Å². The average Bonchev–Trinajstić information content (AvgIpc) is 3.04.